The predicted molar refractivity (Wildman–Crippen MR) is 156 cm³/mol. The largest absolute Gasteiger partial charge is 0.394 e. The highest BCUT2D eigenvalue weighted by molar-refractivity contribution is 5.77. The molecule has 0 amide bonds. The molecule has 0 saturated carbocycles. The topological polar surface area (TPSA) is 163 Å². The van der Waals surface area contributed by atoms with E-state index >= 15 is 0 Å². The van der Waals surface area contributed by atoms with Crippen molar-refractivity contribution in [1.29, 1.82) is 0 Å². The van der Waals surface area contributed by atoms with Crippen molar-refractivity contribution in [3.05, 3.63) is 70.4 Å². The number of benzene rings is 1. The first-order chi connectivity index (χ1) is 20.5. The summed E-state index contributed by atoms with van der Waals surface area (Å²) in [6.07, 6.45) is 4.68. The van der Waals surface area contributed by atoms with Gasteiger partial charge >= 0.3 is 0 Å². The Labute approximate surface area is 241 Å². The molecule has 4 N–H and O–H groups in total. The Balaban J connectivity index is 1.24. The monoisotopic (exact) mass is 568 g/mol. The molecule has 3 fully saturated rings. The first-order valence-corrected chi connectivity index (χ1v) is 14.3. The minimum atomic E-state index is -0.440. The fraction of sp³-hybridized carbons (Fsp3) is 0.379. The van der Waals surface area contributed by atoms with Gasteiger partial charge in [-0.25, -0.2) is 9.97 Å². The maximum atomic E-state index is 12.2. The summed E-state index contributed by atoms with van der Waals surface area (Å²) in [4.78, 5) is 33.5. The maximum absolute atomic E-state index is 12.2. The van der Waals surface area contributed by atoms with Gasteiger partial charge in [0.15, 0.2) is 11.5 Å². The van der Waals surface area contributed by atoms with Crippen LogP contribution in [0.3, 0.4) is 0 Å². The first kappa shape index (κ1) is 26.3. The highest BCUT2D eigenvalue weighted by Crippen LogP contribution is 2.42. The third-order valence-electron chi connectivity index (χ3n) is 8.50. The van der Waals surface area contributed by atoms with E-state index in [4.69, 9.17) is 14.5 Å². The Hall–Kier alpha value is -4.62. The van der Waals surface area contributed by atoms with Crippen LogP contribution in [0, 0.1) is 0 Å². The Morgan fingerprint density at radius 2 is 1.86 bits per heavy atom. The van der Waals surface area contributed by atoms with Crippen LogP contribution in [0.25, 0.3) is 22.5 Å². The van der Waals surface area contributed by atoms with E-state index in [1.54, 1.807) is 23.0 Å². The SMILES string of the molecule is CCn1[nH]c(=O)c2ccc(Nc3ncc(-c4nc(C56CCN(CC5)CC6)no4)c(N[C@H](CO)c4ccccc4)n3)nc21. The number of hydrogen-bond acceptors (Lipinski definition) is 11. The minimum absolute atomic E-state index is 0.0635. The smallest absolute Gasteiger partial charge is 0.273 e. The fourth-order valence-corrected chi connectivity index (χ4v) is 5.98. The molecule has 1 aromatic carbocycles. The second-order valence-electron chi connectivity index (χ2n) is 10.9. The van der Waals surface area contributed by atoms with E-state index in [0.29, 0.717) is 40.7 Å². The Bertz CT molecular complexity index is 1760. The van der Waals surface area contributed by atoms with Crippen molar-refractivity contribution in [2.24, 2.45) is 0 Å². The fourth-order valence-electron chi connectivity index (χ4n) is 5.98. The molecule has 3 saturated heterocycles. The number of nitrogens with zero attached hydrogens (tertiary/aromatic N) is 7. The molecule has 2 bridgehead atoms. The van der Waals surface area contributed by atoms with Gasteiger partial charge < -0.3 is 25.2 Å². The van der Waals surface area contributed by atoms with Gasteiger partial charge in [0.1, 0.15) is 17.2 Å². The number of anilines is 3. The molecule has 7 heterocycles. The molecule has 13 nitrogen and oxygen atoms in total. The lowest BCUT2D eigenvalue weighted by Crippen LogP contribution is -2.51. The number of aromatic amines is 1. The van der Waals surface area contributed by atoms with Crippen LogP contribution in [0.2, 0.25) is 0 Å². The molecule has 3 aliphatic heterocycles. The third kappa shape index (κ3) is 4.69. The highest BCUT2D eigenvalue weighted by atomic mass is 16.5. The van der Waals surface area contributed by atoms with Crippen molar-refractivity contribution in [3.63, 3.8) is 0 Å². The van der Waals surface area contributed by atoms with E-state index in [0.717, 1.165) is 50.3 Å². The van der Waals surface area contributed by atoms with Crippen LogP contribution in [0.1, 0.15) is 43.6 Å². The molecule has 13 heteroatoms. The number of rotatable bonds is 9. The Morgan fingerprint density at radius 1 is 1.07 bits per heavy atom. The first-order valence-electron chi connectivity index (χ1n) is 14.3. The molecule has 0 spiro atoms. The molecular weight excluding hydrogens is 536 g/mol. The van der Waals surface area contributed by atoms with E-state index in [9.17, 15) is 9.90 Å². The van der Waals surface area contributed by atoms with E-state index in [-0.39, 0.29) is 23.5 Å². The van der Waals surface area contributed by atoms with Gasteiger partial charge in [-0.15, -0.1) is 0 Å². The summed E-state index contributed by atoms with van der Waals surface area (Å²) in [5, 5.41) is 24.5. The summed E-state index contributed by atoms with van der Waals surface area (Å²) in [7, 11) is 0. The quantitative estimate of drug-likeness (QED) is 0.206. The van der Waals surface area contributed by atoms with Crippen LogP contribution < -0.4 is 16.2 Å². The number of aromatic nitrogens is 7. The van der Waals surface area contributed by atoms with Crippen LogP contribution in [-0.4, -0.2) is 71.1 Å². The lowest BCUT2D eigenvalue weighted by molar-refractivity contribution is 0.0747. The van der Waals surface area contributed by atoms with Gasteiger partial charge in [0.05, 0.1) is 18.0 Å². The van der Waals surface area contributed by atoms with Crippen molar-refractivity contribution in [2.45, 2.75) is 44.2 Å². The van der Waals surface area contributed by atoms with Crippen LogP contribution in [0.4, 0.5) is 17.6 Å². The molecular formula is C29H32N10O3. The summed E-state index contributed by atoms with van der Waals surface area (Å²) >= 11 is 0. The molecule has 8 rings (SSSR count). The number of pyridine rings is 1. The zero-order valence-electron chi connectivity index (χ0n) is 23.2. The summed E-state index contributed by atoms with van der Waals surface area (Å²) in [6.45, 7) is 5.49. The normalized spacial score (nSPS) is 20.6. The van der Waals surface area contributed by atoms with E-state index < -0.39 is 6.04 Å². The van der Waals surface area contributed by atoms with Gasteiger partial charge in [0.25, 0.3) is 11.4 Å². The van der Waals surface area contributed by atoms with Crippen LogP contribution >= 0.6 is 0 Å². The number of nitrogens with one attached hydrogen (secondary N) is 3. The van der Waals surface area contributed by atoms with E-state index in [1.165, 1.54) is 0 Å². The number of fused-ring (bicyclic) bond motifs is 4. The molecule has 0 unspecified atom stereocenters. The standard InChI is InChI=1S/C29H32N10O3/c1-2-39-24-19(25(41)36-39)8-9-22(32-24)33-28-30-16-20(23(34-28)31-21(17-40)18-6-4-3-5-7-18)26-35-27(37-42-26)29-10-13-38(14-11-29)15-12-29/h3-9,16,21,40H,2,10-15,17H2,1H3,(H,36,41)(H2,30,31,32,33,34)/t21-/m1/s1. The number of aliphatic hydroxyl groups excluding tert-OH is 1. The minimum Gasteiger partial charge on any atom is -0.394 e. The number of aliphatic hydroxyl groups is 1. The molecule has 216 valence electrons. The molecule has 42 heavy (non-hydrogen) atoms. The van der Waals surface area contributed by atoms with Crippen molar-refractivity contribution in [2.75, 3.05) is 36.9 Å². The second-order valence-corrected chi connectivity index (χ2v) is 10.9. The van der Waals surface area contributed by atoms with E-state index in [1.807, 2.05) is 37.3 Å². The van der Waals surface area contributed by atoms with Gasteiger partial charge in [0, 0.05) is 18.2 Å². The third-order valence-corrected chi connectivity index (χ3v) is 8.50. The Kier molecular flexibility index (Phi) is 6.67. The molecule has 5 aromatic rings. The number of H-pyrrole nitrogens is 1. The molecule has 0 radical (unpaired) electrons. The maximum Gasteiger partial charge on any atom is 0.273 e. The Morgan fingerprint density at radius 3 is 2.60 bits per heavy atom. The summed E-state index contributed by atoms with van der Waals surface area (Å²) in [6, 6.07) is 12.6. The van der Waals surface area contributed by atoms with E-state index in [2.05, 4.69) is 35.8 Å². The van der Waals surface area contributed by atoms with Gasteiger partial charge in [0.2, 0.25) is 5.95 Å². The number of hydrogen-bond donors (Lipinski definition) is 4. The molecule has 4 aromatic heterocycles. The van der Waals surface area contributed by atoms with Gasteiger partial charge in [-0.05, 0) is 63.5 Å². The lowest BCUT2D eigenvalue weighted by Gasteiger charge is -2.46. The zero-order chi connectivity index (χ0) is 28.7. The van der Waals surface area contributed by atoms with Crippen molar-refractivity contribution in [3.8, 4) is 11.5 Å². The van der Waals surface area contributed by atoms with Gasteiger partial charge in [-0.3, -0.25) is 14.6 Å². The lowest BCUT2D eigenvalue weighted by atomic mass is 9.71. The summed E-state index contributed by atoms with van der Waals surface area (Å²) in [5.41, 5.74) is 1.72. The van der Waals surface area contributed by atoms with Crippen LogP contribution in [0.15, 0.2) is 58.0 Å². The van der Waals surface area contributed by atoms with Crippen molar-refractivity contribution in [1.82, 2.24) is 39.8 Å². The van der Waals surface area contributed by atoms with Crippen LogP contribution in [0.5, 0.6) is 0 Å². The average Bonchev–Trinajstić information content (AvgIpc) is 3.66. The zero-order valence-corrected chi connectivity index (χ0v) is 23.2. The second kappa shape index (κ2) is 10.7. The van der Waals surface area contributed by atoms with Crippen LogP contribution in [-0.2, 0) is 12.0 Å². The van der Waals surface area contributed by atoms with Gasteiger partial charge in [-0.2, -0.15) is 9.97 Å². The highest BCUT2D eigenvalue weighted by Gasteiger charge is 2.44. The summed E-state index contributed by atoms with van der Waals surface area (Å²) < 4.78 is 7.51. The summed E-state index contributed by atoms with van der Waals surface area (Å²) in [5.74, 6) is 2.24. The van der Waals surface area contributed by atoms with Crippen molar-refractivity contribution >= 4 is 28.6 Å². The van der Waals surface area contributed by atoms with Gasteiger partial charge in [-0.1, -0.05) is 35.5 Å². The molecule has 0 aliphatic carbocycles. The molecule has 3 aliphatic rings. The molecule has 1 atom stereocenters. The van der Waals surface area contributed by atoms with Crippen molar-refractivity contribution < 1.29 is 9.63 Å². The average molecular weight is 569 g/mol. The predicted octanol–water partition coefficient (Wildman–Crippen LogP) is 3.21. The number of piperidine rings is 3. The number of aryl methyl sites for hydroxylation is 1.